The lowest BCUT2D eigenvalue weighted by Gasteiger charge is -2.19. The van der Waals surface area contributed by atoms with Crippen molar-refractivity contribution in [3.05, 3.63) is 29.3 Å². The highest BCUT2D eigenvalue weighted by atomic mass is 35.5. The maximum absolute atomic E-state index is 11.5. The monoisotopic (exact) mass is 285 g/mol. The summed E-state index contributed by atoms with van der Waals surface area (Å²) < 4.78 is 10.3. The Morgan fingerprint density at radius 3 is 2.63 bits per heavy atom. The molecule has 0 aromatic heterocycles. The molecule has 1 unspecified atom stereocenters. The number of hydrogen-bond donors (Lipinski definition) is 1. The summed E-state index contributed by atoms with van der Waals surface area (Å²) in [5, 5.41) is 3.70. The highest BCUT2D eigenvalue weighted by molar-refractivity contribution is 6.32. The van der Waals surface area contributed by atoms with Gasteiger partial charge in [-0.05, 0) is 18.1 Å². The summed E-state index contributed by atoms with van der Waals surface area (Å²) in [5.74, 6) is 0.547. The van der Waals surface area contributed by atoms with E-state index >= 15 is 0 Å². The zero-order valence-electron chi connectivity index (χ0n) is 11.5. The van der Waals surface area contributed by atoms with E-state index in [1.807, 2.05) is 32.0 Å². The van der Waals surface area contributed by atoms with Crippen LogP contribution in [-0.2, 0) is 9.53 Å². The first-order valence-corrected chi connectivity index (χ1v) is 6.62. The van der Waals surface area contributed by atoms with Gasteiger partial charge in [0.05, 0.1) is 12.1 Å². The van der Waals surface area contributed by atoms with Crippen LogP contribution < -0.4 is 10.1 Å². The summed E-state index contributed by atoms with van der Waals surface area (Å²) in [7, 11) is 1.39. The second kappa shape index (κ2) is 8.02. The zero-order chi connectivity index (χ0) is 14.3. The van der Waals surface area contributed by atoms with E-state index in [1.165, 1.54) is 7.11 Å². The second-order valence-electron chi connectivity index (χ2n) is 4.48. The van der Waals surface area contributed by atoms with Crippen molar-refractivity contribution in [1.29, 1.82) is 0 Å². The molecule has 1 atom stereocenters. The van der Waals surface area contributed by atoms with E-state index in [1.54, 1.807) is 6.07 Å². The Morgan fingerprint density at radius 1 is 1.37 bits per heavy atom. The van der Waals surface area contributed by atoms with E-state index in [0.717, 1.165) is 0 Å². The highest BCUT2D eigenvalue weighted by Crippen LogP contribution is 2.22. The molecular formula is C14H20ClNO3. The summed E-state index contributed by atoms with van der Waals surface area (Å²) in [6.45, 7) is 4.90. The van der Waals surface area contributed by atoms with Gasteiger partial charge in [0.2, 0.25) is 0 Å². The fourth-order valence-corrected chi connectivity index (χ4v) is 1.85. The largest absolute Gasteiger partial charge is 0.491 e. The van der Waals surface area contributed by atoms with Crippen molar-refractivity contribution in [1.82, 2.24) is 5.32 Å². The van der Waals surface area contributed by atoms with Gasteiger partial charge in [-0.3, -0.25) is 4.79 Å². The molecule has 0 bridgehead atoms. The van der Waals surface area contributed by atoms with E-state index in [2.05, 4.69) is 5.32 Å². The smallest absolute Gasteiger partial charge is 0.323 e. The maximum atomic E-state index is 11.5. The van der Waals surface area contributed by atoms with Gasteiger partial charge in [-0.2, -0.15) is 0 Å². The molecule has 0 aliphatic heterocycles. The number of ether oxygens (including phenoxy) is 2. The van der Waals surface area contributed by atoms with Crippen molar-refractivity contribution >= 4 is 17.6 Å². The van der Waals surface area contributed by atoms with Crippen LogP contribution in [0, 0.1) is 5.92 Å². The molecule has 1 aromatic carbocycles. The minimum atomic E-state index is -0.320. The minimum Gasteiger partial charge on any atom is -0.491 e. The lowest BCUT2D eigenvalue weighted by molar-refractivity contribution is -0.144. The molecule has 5 heteroatoms. The molecule has 0 saturated heterocycles. The number of rotatable bonds is 7. The van der Waals surface area contributed by atoms with Crippen LogP contribution in [0.2, 0.25) is 5.02 Å². The van der Waals surface area contributed by atoms with Gasteiger partial charge >= 0.3 is 5.97 Å². The minimum absolute atomic E-state index is 0.160. The third-order valence-corrected chi connectivity index (χ3v) is 2.99. The summed E-state index contributed by atoms with van der Waals surface area (Å²) >= 11 is 5.97. The Hall–Kier alpha value is -1.26. The van der Waals surface area contributed by atoms with Crippen LogP contribution in [0.1, 0.15) is 13.8 Å². The molecule has 0 spiro atoms. The number of benzene rings is 1. The van der Waals surface area contributed by atoms with E-state index in [0.29, 0.717) is 23.9 Å². The Morgan fingerprint density at radius 2 is 2.05 bits per heavy atom. The molecule has 19 heavy (non-hydrogen) atoms. The molecule has 1 aromatic rings. The summed E-state index contributed by atoms with van der Waals surface area (Å²) in [5.41, 5.74) is 0. The number of para-hydroxylation sites is 1. The first-order valence-electron chi connectivity index (χ1n) is 6.24. The fraction of sp³-hybridized carbons (Fsp3) is 0.500. The van der Waals surface area contributed by atoms with E-state index in [-0.39, 0.29) is 17.9 Å². The van der Waals surface area contributed by atoms with Gasteiger partial charge < -0.3 is 14.8 Å². The van der Waals surface area contributed by atoms with Crippen molar-refractivity contribution in [3.8, 4) is 5.75 Å². The SMILES string of the molecule is COC(=O)C(NCCOc1ccccc1Cl)C(C)C. The van der Waals surface area contributed by atoms with Crippen LogP contribution >= 0.6 is 11.6 Å². The molecule has 4 nitrogen and oxygen atoms in total. The third kappa shape index (κ3) is 5.09. The number of esters is 1. The van der Waals surface area contributed by atoms with Gasteiger partial charge in [-0.1, -0.05) is 37.6 Å². The Labute approximate surface area is 119 Å². The number of methoxy groups -OCH3 is 1. The van der Waals surface area contributed by atoms with Crippen LogP contribution in [0.25, 0.3) is 0 Å². The molecule has 106 valence electrons. The van der Waals surface area contributed by atoms with Gasteiger partial charge in [-0.15, -0.1) is 0 Å². The standard InChI is InChI=1S/C14H20ClNO3/c1-10(2)13(14(17)18-3)16-8-9-19-12-7-5-4-6-11(12)15/h4-7,10,13,16H,8-9H2,1-3H3. The van der Waals surface area contributed by atoms with E-state index < -0.39 is 0 Å². The maximum Gasteiger partial charge on any atom is 0.323 e. The molecule has 0 heterocycles. The fourth-order valence-electron chi connectivity index (χ4n) is 1.66. The topological polar surface area (TPSA) is 47.6 Å². The molecule has 0 aliphatic carbocycles. The second-order valence-corrected chi connectivity index (χ2v) is 4.89. The van der Waals surface area contributed by atoms with Crippen LogP contribution in [0.4, 0.5) is 0 Å². The predicted molar refractivity (Wildman–Crippen MR) is 75.6 cm³/mol. The molecule has 1 rings (SSSR count). The molecule has 0 fully saturated rings. The van der Waals surface area contributed by atoms with Crippen LogP contribution in [0.5, 0.6) is 5.75 Å². The van der Waals surface area contributed by atoms with Crippen molar-refractivity contribution < 1.29 is 14.3 Å². The quantitative estimate of drug-likeness (QED) is 0.618. The number of nitrogens with one attached hydrogen (secondary N) is 1. The predicted octanol–water partition coefficient (Wildman–Crippen LogP) is 2.51. The molecule has 0 aliphatic rings. The van der Waals surface area contributed by atoms with Gasteiger partial charge in [0.15, 0.2) is 0 Å². The van der Waals surface area contributed by atoms with Crippen LogP contribution in [0.15, 0.2) is 24.3 Å². The average molecular weight is 286 g/mol. The van der Waals surface area contributed by atoms with Gasteiger partial charge in [0, 0.05) is 6.54 Å². The first-order chi connectivity index (χ1) is 9.06. The average Bonchev–Trinajstić information content (AvgIpc) is 2.39. The first kappa shape index (κ1) is 15.8. The van der Waals surface area contributed by atoms with E-state index in [9.17, 15) is 4.79 Å². The molecule has 0 amide bonds. The van der Waals surface area contributed by atoms with Gasteiger partial charge in [0.1, 0.15) is 18.4 Å². The lowest BCUT2D eigenvalue weighted by Crippen LogP contribution is -2.43. The number of carbonyl (C=O) groups is 1. The van der Waals surface area contributed by atoms with Crippen molar-refractivity contribution in [2.24, 2.45) is 5.92 Å². The number of carbonyl (C=O) groups excluding carboxylic acids is 1. The van der Waals surface area contributed by atoms with Crippen LogP contribution in [0.3, 0.4) is 0 Å². The van der Waals surface area contributed by atoms with Crippen molar-refractivity contribution in [2.75, 3.05) is 20.3 Å². The normalized spacial score (nSPS) is 12.3. The third-order valence-electron chi connectivity index (χ3n) is 2.68. The summed E-state index contributed by atoms with van der Waals surface area (Å²) in [6.07, 6.45) is 0. The molecular weight excluding hydrogens is 266 g/mol. The van der Waals surface area contributed by atoms with Crippen LogP contribution in [-0.4, -0.2) is 32.3 Å². The van der Waals surface area contributed by atoms with Gasteiger partial charge in [-0.25, -0.2) is 0 Å². The summed E-state index contributed by atoms with van der Waals surface area (Å²) in [6, 6.07) is 6.97. The van der Waals surface area contributed by atoms with E-state index in [4.69, 9.17) is 21.1 Å². The van der Waals surface area contributed by atoms with Gasteiger partial charge in [0.25, 0.3) is 0 Å². The molecule has 0 saturated carbocycles. The zero-order valence-corrected chi connectivity index (χ0v) is 12.2. The molecule has 1 N–H and O–H groups in total. The van der Waals surface area contributed by atoms with Crippen molar-refractivity contribution in [3.63, 3.8) is 0 Å². The Kier molecular flexibility index (Phi) is 6.67. The van der Waals surface area contributed by atoms with Crippen molar-refractivity contribution in [2.45, 2.75) is 19.9 Å². The Balaban J connectivity index is 2.37. The number of hydrogen-bond acceptors (Lipinski definition) is 4. The molecule has 0 radical (unpaired) electrons. The Bertz CT molecular complexity index is 409. The highest BCUT2D eigenvalue weighted by Gasteiger charge is 2.21. The number of halogens is 1. The lowest BCUT2D eigenvalue weighted by atomic mass is 10.1. The summed E-state index contributed by atoms with van der Waals surface area (Å²) in [4.78, 5) is 11.5.